The average Bonchev–Trinajstić information content (AvgIpc) is 1.62. The van der Waals surface area contributed by atoms with Gasteiger partial charge in [0.15, 0.2) is 56.9 Å². The van der Waals surface area contributed by atoms with Gasteiger partial charge in [0.05, 0.1) is 91.3 Å². The predicted octanol–water partition coefficient (Wildman–Crippen LogP) is 20.6. The molecule has 9 aliphatic rings. The van der Waals surface area contributed by atoms with Crippen LogP contribution in [0.5, 0.6) is 0 Å². The Hall–Kier alpha value is -9.94. The normalized spacial score (nSPS) is 20.9. The summed E-state index contributed by atoms with van der Waals surface area (Å²) < 4.78 is 28.7. The lowest BCUT2D eigenvalue weighted by molar-refractivity contribution is -0.133. The Morgan fingerprint density at radius 1 is 0.341 bits per heavy atom. The number of amides is 5. The smallest absolute Gasteiger partial charge is 0.261 e. The topological polar surface area (TPSA) is 338 Å². The number of nitrogens with zero attached hydrogens (tertiary/aromatic N) is 2. The number of carbonyl (C=O) groups excluding carboxylic acids is 10. The number of rotatable bonds is 20. The molecule has 2 saturated heterocycles. The Labute approximate surface area is 787 Å². The van der Waals surface area contributed by atoms with Crippen LogP contribution in [0.25, 0.3) is 0 Å². The van der Waals surface area contributed by atoms with Gasteiger partial charge in [0.1, 0.15) is 11.6 Å². The zero-order valence-corrected chi connectivity index (χ0v) is 75.8. The number of fused-ring (bicyclic) bond motifs is 5. The molecule has 0 bridgehead atoms. The van der Waals surface area contributed by atoms with Gasteiger partial charge in [-0.05, 0) is 182 Å². The van der Waals surface area contributed by atoms with Crippen LogP contribution in [-0.2, 0) is 52.0 Å². The van der Waals surface area contributed by atoms with E-state index in [0.717, 1.165) is 75.2 Å². The molecular weight excluding hydrogens is 1870 g/mol. The van der Waals surface area contributed by atoms with Gasteiger partial charge in [0.2, 0.25) is 0 Å². The third kappa shape index (κ3) is 18.6. The molecule has 666 valence electrons. The molecule has 19 rings (SSSR count). The van der Waals surface area contributed by atoms with Crippen LogP contribution in [0.15, 0.2) is 170 Å². The summed E-state index contributed by atoms with van der Waals surface area (Å²) in [5, 5.41) is 69.1. The quantitative estimate of drug-likeness (QED) is 0.0250. The predicted molar refractivity (Wildman–Crippen MR) is 494 cm³/mol. The van der Waals surface area contributed by atoms with Crippen LogP contribution in [0.2, 0.25) is 50.2 Å². The Morgan fingerprint density at radius 3 is 0.899 bits per heavy atom. The van der Waals surface area contributed by atoms with E-state index in [2.05, 4.69) is 45.3 Å². The Bertz CT molecular complexity index is 6020. The summed E-state index contributed by atoms with van der Waals surface area (Å²) in [5.74, 6) is -5.62. The molecule has 34 heteroatoms. The first kappa shape index (κ1) is 93.7. The number of aliphatic hydroxyl groups is 5. The molecule has 7 heterocycles. The van der Waals surface area contributed by atoms with E-state index in [-0.39, 0.29) is 141 Å². The Morgan fingerprint density at radius 2 is 0.612 bits per heavy atom. The minimum atomic E-state index is -2.17. The van der Waals surface area contributed by atoms with Crippen molar-refractivity contribution in [3.63, 3.8) is 0 Å². The fraction of sp³-hybridized carbons (Fsp3) is 0.263. The molecular formula is C95H77Cl10F2N7O15. The molecule has 4 fully saturated rings. The molecule has 2 saturated carbocycles. The number of benzene rings is 10. The van der Waals surface area contributed by atoms with Crippen molar-refractivity contribution in [3.8, 4) is 0 Å². The maximum Gasteiger partial charge on any atom is 0.261 e. The third-order valence-electron chi connectivity index (χ3n) is 24.0. The van der Waals surface area contributed by atoms with Gasteiger partial charge in [-0.1, -0.05) is 191 Å². The molecule has 2 aliphatic carbocycles. The highest BCUT2D eigenvalue weighted by Gasteiger charge is 2.55. The van der Waals surface area contributed by atoms with E-state index in [9.17, 15) is 82.3 Å². The second-order valence-electron chi connectivity index (χ2n) is 33.0. The lowest BCUT2D eigenvalue weighted by atomic mass is 9.87. The van der Waals surface area contributed by atoms with E-state index < -0.39 is 113 Å². The summed E-state index contributed by atoms with van der Waals surface area (Å²) in [7, 11) is 0. The van der Waals surface area contributed by atoms with E-state index in [1.807, 2.05) is 41.3 Å². The van der Waals surface area contributed by atoms with Gasteiger partial charge in [-0.25, -0.2) is 8.78 Å². The molecule has 0 radical (unpaired) electrons. The molecule has 5 atom stereocenters. The van der Waals surface area contributed by atoms with Crippen molar-refractivity contribution in [1.82, 2.24) is 0 Å². The van der Waals surface area contributed by atoms with Crippen LogP contribution in [0.3, 0.4) is 0 Å². The monoisotopic (exact) mass is 1940 g/mol. The van der Waals surface area contributed by atoms with E-state index in [4.69, 9.17) is 116 Å². The van der Waals surface area contributed by atoms with Gasteiger partial charge in [-0.15, -0.1) is 0 Å². The first-order valence-corrected chi connectivity index (χ1v) is 44.6. The Kier molecular flexibility index (Phi) is 26.9. The van der Waals surface area contributed by atoms with E-state index in [0.29, 0.717) is 39.8 Å². The van der Waals surface area contributed by atoms with Gasteiger partial charge >= 0.3 is 0 Å². The minimum Gasteiger partial charge on any atom is -0.375 e. The maximum absolute atomic E-state index is 14.5. The lowest BCUT2D eigenvalue weighted by Gasteiger charge is -2.22. The fourth-order valence-corrected chi connectivity index (χ4v) is 19.1. The largest absolute Gasteiger partial charge is 0.375 e. The van der Waals surface area contributed by atoms with Gasteiger partial charge in [0.25, 0.3) is 29.5 Å². The molecule has 129 heavy (non-hydrogen) atoms. The van der Waals surface area contributed by atoms with Crippen molar-refractivity contribution < 1.29 is 82.3 Å². The van der Waals surface area contributed by atoms with Gasteiger partial charge in [-0.3, -0.25) is 47.9 Å². The van der Waals surface area contributed by atoms with Crippen LogP contribution in [0.4, 0.5) is 48.6 Å². The second kappa shape index (κ2) is 37.0. The van der Waals surface area contributed by atoms with E-state index in [1.165, 1.54) is 91.2 Å². The summed E-state index contributed by atoms with van der Waals surface area (Å²) in [6, 6.07) is 45.1. The number of hydrogen-bond acceptors (Lipinski definition) is 17. The fourth-order valence-electron chi connectivity index (χ4n) is 16.5. The van der Waals surface area contributed by atoms with Crippen LogP contribution in [0.1, 0.15) is 199 Å². The van der Waals surface area contributed by atoms with Crippen molar-refractivity contribution in [3.05, 3.63) is 304 Å². The SMILES string of the molecule is CC(C)c1ccc(C(=O)C[C@]2(O)C(=O)Nc3c(Cl)ccc(Cl)c32)cc1.O=C(C[C@@]1(O)C(=O)Nc2c(Cl)ccc(Cl)c21)c1ccc(C2CC2)c(F)c1.O=C(C[C@]1(O)C(=O)Nc2c(Cl)ccc(Cl)c21)c1ccc(C2CC2)cc1.O=C(C[C@]1(O)C(=O)Nc2c(Cl)ccc(Cl)c21)c1ccc(N2CC2)cc1.O=C(C[C@]1(O)C(=O)Nc2c(Cl)ccc(Cl)c21)c1ccc(N2CCCC2)c(F)c1. The highest BCUT2D eigenvalue weighted by atomic mass is 35.5. The molecule has 22 nitrogen and oxygen atoms in total. The number of halogens is 12. The zero-order valence-electron chi connectivity index (χ0n) is 68.3. The van der Waals surface area contributed by atoms with Crippen LogP contribution in [0, 0.1) is 11.6 Å². The van der Waals surface area contributed by atoms with Crippen LogP contribution >= 0.6 is 116 Å². The van der Waals surface area contributed by atoms with E-state index >= 15 is 0 Å². The summed E-state index contributed by atoms with van der Waals surface area (Å²) in [5.41, 5.74) is -2.76. The van der Waals surface area contributed by atoms with Gasteiger partial charge < -0.3 is 61.9 Å². The van der Waals surface area contributed by atoms with Crippen molar-refractivity contribution >= 4 is 214 Å². The molecule has 7 aliphatic heterocycles. The standard InChI is InChI=1S/C20H17Cl2FN2O3.C19H14Cl2FNO3.C19H15Cl2NO3.C19H17Cl2NO3.C18H14Cl2N2O3/c21-12-4-5-13(22)18-17(12)20(28,19(27)24-18)10-16(26)11-3-6-15(14(23)9-11)25-7-1-2-8-25;20-12-5-6-13(21)17-16(12)19(26,18(25)23-17)8-15(24)10-3-4-11(9-1-2-9)14(22)7-10;20-13-7-8-14(21)17-16(13)19(25,18(24)22-17)9-15(23)12-5-3-11(4-6-12)10-1-2-10;1-10(2)11-3-5-12(6-4-11)15(23)9-19(25)16-13(20)7-8-14(21)17(16)22-18(19)24;19-12-5-6-13(20)16-15(12)18(25,17(24)21-16)9-14(23)10-1-3-11(4-2-10)22-7-8-22/h3-6,9,28H,1-2,7-8,10H2,(H,24,27);3-7,9,26H,1-2,8H2,(H,23,25);3-8,10,25H,1-2,9H2,(H,22,24);3-8,10,25H,9H2,1-2H3,(H,22,24);1-6,25H,7-9H2,(H,21,24)/t20-;3*19-;18-/m10111/s1. The van der Waals surface area contributed by atoms with Gasteiger partial charge in [-0.2, -0.15) is 0 Å². The van der Waals surface area contributed by atoms with E-state index in [1.54, 1.807) is 48.5 Å². The molecule has 10 aromatic rings. The first-order chi connectivity index (χ1) is 61.1. The van der Waals surface area contributed by atoms with Gasteiger partial charge in [0, 0.05) is 113 Å². The minimum absolute atomic E-state index is 0.0641. The number of ketones is 5. The second-order valence-corrected chi connectivity index (χ2v) is 37.1. The highest BCUT2D eigenvalue weighted by molar-refractivity contribution is 6.42. The van der Waals surface area contributed by atoms with Crippen LogP contribution in [-0.4, -0.2) is 110 Å². The lowest BCUT2D eigenvalue weighted by Crippen LogP contribution is -2.36. The number of hydrogen-bond donors (Lipinski definition) is 10. The molecule has 0 spiro atoms. The maximum atomic E-state index is 14.5. The van der Waals surface area contributed by atoms with Crippen LogP contribution < -0.4 is 36.4 Å². The molecule has 10 N–H and O–H groups in total. The Balaban J connectivity index is 0.000000124. The molecule has 0 aromatic heterocycles. The summed E-state index contributed by atoms with van der Waals surface area (Å²) in [6.45, 7) is 7.71. The number of Topliss-reactive ketones (excluding diaryl/α,β-unsaturated/α-hetero) is 5. The average molecular weight is 1950 g/mol. The number of nitrogens with one attached hydrogen (secondary N) is 5. The molecule has 5 amide bonds. The first-order valence-electron chi connectivity index (χ1n) is 40.8. The van der Waals surface area contributed by atoms with Crippen molar-refractivity contribution in [2.75, 3.05) is 62.6 Å². The number of carbonyl (C=O) groups is 10. The van der Waals surface area contributed by atoms with Crippen molar-refractivity contribution in [2.45, 2.75) is 130 Å². The summed E-state index contributed by atoms with van der Waals surface area (Å²) in [6.07, 6.45) is 3.92. The summed E-state index contributed by atoms with van der Waals surface area (Å²) in [4.78, 5) is 129. The van der Waals surface area contributed by atoms with Crippen molar-refractivity contribution in [1.29, 1.82) is 0 Å². The highest BCUT2D eigenvalue weighted by Crippen LogP contribution is 2.53. The third-order valence-corrected chi connectivity index (χ3v) is 27.1. The molecule has 0 unspecified atom stereocenters. The zero-order chi connectivity index (χ0) is 92.6. The summed E-state index contributed by atoms with van der Waals surface area (Å²) >= 11 is 61.1. The number of anilines is 7. The molecule has 10 aromatic carbocycles. The van der Waals surface area contributed by atoms with Crippen molar-refractivity contribution in [2.24, 2.45) is 0 Å².